The number of hydrogen-bond acceptors (Lipinski definition) is 2. The van der Waals surface area contributed by atoms with E-state index < -0.39 is 5.97 Å². The second-order valence-electron chi connectivity index (χ2n) is 6.86. The summed E-state index contributed by atoms with van der Waals surface area (Å²) in [6.45, 7) is 8.81. The van der Waals surface area contributed by atoms with Gasteiger partial charge < -0.3 is 5.11 Å². The van der Waals surface area contributed by atoms with Crippen molar-refractivity contribution < 1.29 is 9.90 Å². The summed E-state index contributed by atoms with van der Waals surface area (Å²) in [7, 11) is 0. The second-order valence-corrected chi connectivity index (χ2v) is 6.86. The summed E-state index contributed by atoms with van der Waals surface area (Å²) in [4.78, 5) is 11.5. The lowest BCUT2D eigenvalue weighted by Crippen LogP contribution is -2.37. The van der Waals surface area contributed by atoms with Crippen molar-refractivity contribution in [2.45, 2.75) is 59.4 Å². The molecule has 1 aromatic heterocycles. The van der Waals surface area contributed by atoms with Crippen molar-refractivity contribution in [1.82, 2.24) is 9.78 Å². The SMILES string of the molecule is CCC(C)(C)C1CCC(C(=O)O)C(n2cc(C)cn2)C1. The van der Waals surface area contributed by atoms with E-state index in [1.807, 2.05) is 24.0 Å². The molecule has 0 saturated heterocycles. The summed E-state index contributed by atoms with van der Waals surface area (Å²) in [5.41, 5.74) is 1.36. The summed E-state index contributed by atoms with van der Waals surface area (Å²) in [6.07, 6.45) is 7.59. The average molecular weight is 278 g/mol. The maximum atomic E-state index is 11.5. The first-order chi connectivity index (χ1) is 9.35. The Kier molecular flexibility index (Phi) is 4.21. The largest absolute Gasteiger partial charge is 0.481 e. The quantitative estimate of drug-likeness (QED) is 0.914. The van der Waals surface area contributed by atoms with Crippen molar-refractivity contribution in [3.63, 3.8) is 0 Å². The molecule has 4 nitrogen and oxygen atoms in total. The third-order valence-corrected chi connectivity index (χ3v) is 5.22. The van der Waals surface area contributed by atoms with Gasteiger partial charge in [-0.25, -0.2) is 0 Å². The Morgan fingerprint density at radius 1 is 1.50 bits per heavy atom. The number of rotatable bonds is 4. The van der Waals surface area contributed by atoms with Crippen molar-refractivity contribution in [3.05, 3.63) is 18.0 Å². The van der Waals surface area contributed by atoms with Crippen LogP contribution in [0.5, 0.6) is 0 Å². The number of nitrogens with zero attached hydrogens (tertiary/aromatic N) is 2. The molecular formula is C16H26N2O2. The van der Waals surface area contributed by atoms with Crippen LogP contribution < -0.4 is 0 Å². The molecule has 0 bridgehead atoms. The zero-order valence-electron chi connectivity index (χ0n) is 13.0. The fourth-order valence-corrected chi connectivity index (χ4v) is 3.34. The highest BCUT2D eigenvalue weighted by Crippen LogP contribution is 2.46. The lowest BCUT2D eigenvalue weighted by molar-refractivity contribution is -0.145. The lowest BCUT2D eigenvalue weighted by Gasteiger charge is -2.41. The topological polar surface area (TPSA) is 55.1 Å². The average Bonchev–Trinajstić information content (AvgIpc) is 2.84. The summed E-state index contributed by atoms with van der Waals surface area (Å²) in [6, 6.07) is -0.00854. The molecule has 1 aliphatic carbocycles. The molecule has 3 unspecified atom stereocenters. The van der Waals surface area contributed by atoms with Crippen LogP contribution >= 0.6 is 0 Å². The highest BCUT2D eigenvalue weighted by molar-refractivity contribution is 5.70. The van der Waals surface area contributed by atoms with Crippen molar-refractivity contribution in [1.29, 1.82) is 0 Å². The van der Waals surface area contributed by atoms with Gasteiger partial charge in [-0.1, -0.05) is 27.2 Å². The molecule has 1 heterocycles. The zero-order chi connectivity index (χ0) is 14.9. The predicted molar refractivity (Wildman–Crippen MR) is 78.5 cm³/mol. The van der Waals surface area contributed by atoms with E-state index in [-0.39, 0.29) is 17.4 Å². The number of hydrogen-bond donors (Lipinski definition) is 1. The number of carboxylic acids is 1. The van der Waals surface area contributed by atoms with Crippen LogP contribution in [0, 0.1) is 24.2 Å². The van der Waals surface area contributed by atoms with Crippen LogP contribution in [0.15, 0.2) is 12.4 Å². The molecule has 112 valence electrons. The lowest BCUT2D eigenvalue weighted by atomic mass is 9.66. The van der Waals surface area contributed by atoms with Gasteiger partial charge in [0, 0.05) is 6.20 Å². The maximum absolute atomic E-state index is 11.5. The van der Waals surface area contributed by atoms with E-state index in [1.165, 1.54) is 0 Å². The van der Waals surface area contributed by atoms with Crippen LogP contribution in [0.4, 0.5) is 0 Å². The van der Waals surface area contributed by atoms with Crippen LogP contribution in [0.1, 0.15) is 58.1 Å². The summed E-state index contributed by atoms with van der Waals surface area (Å²) in [5, 5.41) is 13.8. The van der Waals surface area contributed by atoms with E-state index in [4.69, 9.17) is 0 Å². The van der Waals surface area contributed by atoms with Crippen LogP contribution in [0.25, 0.3) is 0 Å². The van der Waals surface area contributed by atoms with E-state index in [2.05, 4.69) is 25.9 Å². The molecule has 0 spiro atoms. The molecule has 0 aliphatic heterocycles. The first-order valence-electron chi connectivity index (χ1n) is 7.58. The first kappa shape index (κ1) is 15.1. The van der Waals surface area contributed by atoms with Crippen LogP contribution in [-0.2, 0) is 4.79 Å². The van der Waals surface area contributed by atoms with Gasteiger partial charge >= 0.3 is 5.97 Å². The molecule has 3 atom stereocenters. The monoisotopic (exact) mass is 278 g/mol. The molecule has 2 rings (SSSR count). The highest BCUT2D eigenvalue weighted by Gasteiger charge is 2.41. The van der Waals surface area contributed by atoms with Gasteiger partial charge in [0.05, 0.1) is 18.2 Å². The molecule has 4 heteroatoms. The van der Waals surface area contributed by atoms with Gasteiger partial charge in [-0.3, -0.25) is 9.48 Å². The fourth-order valence-electron chi connectivity index (χ4n) is 3.34. The third-order valence-electron chi connectivity index (χ3n) is 5.22. The van der Waals surface area contributed by atoms with Gasteiger partial charge in [0.2, 0.25) is 0 Å². The van der Waals surface area contributed by atoms with Gasteiger partial charge in [0.25, 0.3) is 0 Å². The highest BCUT2D eigenvalue weighted by atomic mass is 16.4. The molecule has 0 radical (unpaired) electrons. The summed E-state index contributed by atoms with van der Waals surface area (Å²) in [5.74, 6) is -0.424. The van der Waals surface area contributed by atoms with Crippen molar-refractivity contribution in [2.24, 2.45) is 17.3 Å². The number of aliphatic carboxylic acids is 1. The number of carbonyl (C=O) groups is 1. The van der Waals surface area contributed by atoms with E-state index in [0.29, 0.717) is 5.92 Å². The number of aryl methyl sites for hydroxylation is 1. The van der Waals surface area contributed by atoms with E-state index in [0.717, 1.165) is 31.2 Å². The van der Waals surface area contributed by atoms with E-state index >= 15 is 0 Å². The molecule has 0 aromatic carbocycles. The Bertz CT molecular complexity index is 479. The Labute approximate surface area is 121 Å². The maximum Gasteiger partial charge on any atom is 0.308 e. The Morgan fingerprint density at radius 3 is 2.70 bits per heavy atom. The molecule has 1 saturated carbocycles. The van der Waals surface area contributed by atoms with Crippen molar-refractivity contribution >= 4 is 5.97 Å². The van der Waals surface area contributed by atoms with Crippen molar-refractivity contribution in [3.8, 4) is 0 Å². The summed E-state index contributed by atoms with van der Waals surface area (Å²) >= 11 is 0. The van der Waals surface area contributed by atoms with Gasteiger partial charge in [0.1, 0.15) is 0 Å². The molecule has 1 aromatic rings. The van der Waals surface area contributed by atoms with Gasteiger partial charge in [-0.2, -0.15) is 5.10 Å². The number of aromatic nitrogens is 2. The first-order valence-corrected chi connectivity index (χ1v) is 7.58. The zero-order valence-corrected chi connectivity index (χ0v) is 13.0. The Morgan fingerprint density at radius 2 is 2.20 bits per heavy atom. The fraction of sp³-hybridized carbons (Fsp3) is 0.750. The van der Waals surface area contributed by atoms with Gasteiger partial charge in [-0.05, 0) is 43.1 Å². The van der Waals surface area contributed by atoms with Crippen LogP contribution in [0.3, 0.4) is 0 Å². The second kappa shape index (κ2) is 5.58. The minimum atomic E-state index is -0.684. The molecule has 1 aliphatic rings. The van der Waals surface area contributed by atoms with Crippen molar-refractivity contribution in [2.75, 3.05) is 0 Å². The molecular weight excluding hydrogens is 252 g/mol. The normalized spacial score (nSPS) is 27.5. The summed E-state index contributed by atoms with van der Waals surface area (Å²) < 4.78 is 1.88. The minimum Gasteiger partial charge on any atom is -0.481 e. The number of carboxylic acid groups (broad SMARTS) is 1. The van der Waals surface area contributed by atoms with Gasteiger partial charge in [-0.15, -0.1) is 0 Å². The predicted octanol–water partition coefficient (Wildman–Crippen LogP) is 3.67. The van der Waals surface area contributed by atoms with Gasteiger partial charge in [0.15, 0.2) is 0 Å². The Hall–Kier alpha value is -1.32. The third kappa shape index (κ3) is 2.89. The molecule has 1 fully saturated rings. The van der Waals surface area contributed by atoms with Crippen LogP contribution in [0.2, 0.25) is 0 Å². The van der Waals surface area contributed by atoms with Crippen LogP contribution in [-0.4, -0.2) is 20.9 Å². The molecule has 1 N–H and O–H groups in total. The Balaban J connectivity index is 2.25. The standard InChI is InChI=1S/C16H26N2O2/c1-5-16(3,4)12-6-7-13(15(19)20)14(8-12)18-10-11(2)9-17-18/h9-10,12-14H,5-8H2,1-4H3,(H,19,20). The van der Waals surface area contributed by atoms with E-state index in [1.54, 1.807) is 0 Å². The molecule has 0 amide bonds. The minimum absolute atomic E-state index is 0.00854. The smallest absolute Gasteiger partial charge is 0.308 e. The molecule has 20 heavy (non-hydrogen) atoms. The van der Waals surface area contributed by atoms with E-state index in [9.17, 15) is 9.90 Å².